The fraction of sp³-hybridized carbons (Fsp3) is 0.562. The van der Waals surface area contributed by atoms with Crippen molar-refractivity contribution in [2.75, 3.05) is 38.2 Å². The molecule has 10 heteroatoms. The molecule has 1 saturated heterocycles. The highest BCUT2D eigenvalue weighted by atomic mass is 35.5. The monoisotopic (exact) mass is 427 g/mol. The summed E-state index contributed by atoms with van der Waals surface area (Å²) < 4.78 is 35.4. The Morgan fingerprint density at radius 1 is 1.31 bits per heavy atom. The molecular formula is C16H24Cl2FN3O3S. The Kier molecular flexibility index (Phi) is 8.75. The predicted octanol–water partition coefficient (Wildman–Crippen LogP) is 1.31. The molecule has 1 aromatic carbocycles. The van der Waals surface area contributed by atoms with Gasteiger partial charge in [0.1, 0.15) is 15.7 Å². The zero-order valence-corrected chi connectivity index (χ0v) is 16.9. The van der Waals surface area contributed by atoms with Crippen molar-refractivity contribution in [3.63, 3.8) is 0 Å². The van der Waals surface area contributed by atoms with Crippen molar-refractivity contribution >= 4 is 39.8 Å². The second-order valence-electron chi connectivity index (χ2n) is 6.36. The van der Waals surface area contributed by atoms with Gasteiger partial charge in [0.25, 0.3) is 0 Å². The number of halogens is 3. The van der Waals surface area contributed by atoms with Crippen molar-refractivity contribution in [2.24, 2.45) is 5.73 Å². The van der Waals surface area contributed by atoms with Crippen molar-refractivity contribution < 1.29 is 17.6 Å². The molecule has 1 aromatic rings. The minimum Gasteiger partial charge on any atom is -0.339 e. The van der Waals surface area contributed by atoms with Gasteiger partial charge in [-0.2, -0.15) is 0 Å². The molecule has 148 valence electrons. The molecule has 6 nitrogen and oxygen atoms in total. The third kappa shape index (κ3) is 7.00. The molecule has 2 rings (SSSR count). The van der Waals surface area contributed by atoms with Gasteiger partial charge >= 0.3 is 0 Å². The molecule has 0 aromatic heterocycles. The lowest BCUT2D eigenvalue weighted by atomic mass is 10.1. The molecule has 1 heterocycles. The van der Waals surface area contributed by atoms with Crippen LogP contribution in [0.1, 0.15) is 12.0 Å². The smallest absolute Gasteiger partial charge is 0.239 e. The maximum atomic E-state index is 13.1. The molecule has 0 bridgehead atoms. The molecule has 2 N–H and O–H groups in total. The van der Waals surface area contributed by atoms with E-state index in [1.165, 1.54) is 12.1 Å². The highest BCUT2D eigenvalue weighted by Gasteiger charge is 2.26. The van der Waals surface area contributed by atoms with Gasteiger partial charge in [-0.25, -0.2) is 12.8 Å². The van der Waals surface area contributed by atoms with E-state index in [-0.39, 0.29) is 36.3 Å². The zero-order chi connectivity index (χ0) is 18.6. The van der Waals surface area contributed by atoms with Gasteiger partial charge in [-0.05, 0) is 24.1 Å². The largest absolute Gasteiger partial charge is 0.339 e. The van der Waals surface area contributed by atoms with E-state index >= 15 is 0 Å². The van der Waals surface area contributed by atoms with E-state index in [2.05, 4.69) is 4.90 Å². The normalized spacial score (nSPS) is 16.8. The Bertz CT molecular complexity index is 725. The van der Waals surface area contributed by atoms with Crippen LogP contribution in [0.25, 0.3) is 0 Å². The van der Waals surface area contributed by atoms with Crippen LogP contribution >= 0.6 is 24.0 Å². The number of nitrogens with zero attached hydrogens (tertiary/aromatic N) is 2. The molecule has 1 unspecified atom stereocenters. The molecule has 0 spiro atoms. The Labute approximate surface area is 164 Å². The Morgan fingerprint density at radius 3 is 2.46 bits per heavy atom. The summed E-state index contributed by atoms with van der Waals surface area (Å²) in [4.78, 5) is 16.1. The van der Waals surface area contributed by atoms with Crippen LogP contribution in [-0.4, -0.2) is 68.4 Å². The first kappa shape index (κ1) is 23.1. The van der Waals surface area contributed by atoms with E-state index < -0.39 is 15.9 Å². The van der Waals surface area contributed by atoms with Gasteiger partial charge in [-0.3, -0.25) is 9.69 Å². The van der Waals surface area contributed by atoms with Crippen LogP contribution < -0.4 is 5.73 Å². The van der Waals surface area contributed by atoms with Crippen LogP contribution in [-0.2, 0) is 21.2 Å². The van der Waals surface area contributed by atoms with Crippen molar-refractivity contribution in [1.82, 2.24) is 9.80 Å². The van der Waals surface area contributed by atoms with Gasteiger partial charge < -0.3 is 10.6 Å². The first-order chi connectivity index (χ1) is 11.7. The fourth-order valence-electron chi connectivity index (χ4n) is 2.72. The van der Waals surface area contributed by atoms with Gasteiger partial charge in [-0.15, -0.1) is 12.4 Å². The summed E-state index contributed by atoms with van der Waals surface area (Å²) in [5.41, 5.74) is 6.67. The number of carbonyl (C=O) groups excluding carboxylic acids is 1. The lowest BCUT2D eigenvalue weighted by molar-refractivity contribution is -0.134. The maximum Gasteiger partial charge on any atom is 0.239 e. The molecule has 1 aliphatic heterocycles. The summed E-state index contributed by atoms with van der Waals surface area (Å²) in [6.45, 7) is 2.92. The number of hydrogen-bond acceptors (Lipinski definition) is 5. The molecule has 1 aliphatic rings. The third-order valence-electron chi connectivity index (χ3n) is 4.21. The van der Waals surface area contributed by atoms with Crippen molar-refractivity contribution in [1.29, 1.82) is 0 Å². The van der Waals surface area contributed by atoms with Crippen molar-refractivity contribution in [3.8, 4) is 0 Å². The van der Waals surface area contributed by atoms with Gasteiger partial charge in [0.05, 0.1) is 11.8 Å². The summed E-state index contributed by atoms with van der Waals surface area (Å²) in [5, 5.41) is 0.390. The number of piperazine rings is 1. The topological polar surface area (TPSA) is 83.7 Å². The van der Waals surface area contributed by atoms with E-state index in [4.69, 9.17) is 17.3 Å². The average molecular weight is 428 g/mol. The van der Waals surface area contributed by atoms with Gasteiger partial charge in [0.15, 0.2) is 0 Å². The summed E-state index contributed by atoms with van der Waals surface area (Å²) in [6, 6.07) is 3.53. The molecule has 26 heavy (non-hydrogen) atoms. The standard InChI is InChI=1S/C16H23ClFN3O3S.ClH/c1-25(23,24)9-4-15(19)16(22)21-7-5-20(6-8-21)11-12-2-3-13(18)10-14(12)17;/h2-3,10,15H,4-9,11,19H2,1H3;1H. The predicted molar refractivity (Wildman–Crippen MR) is 103 cm³/mol. The minimum absolute atomic E-state index is 0. The van der Waals surface area contributed by atoms with Crippen LogP contribution in [0.5, 0.6) is 0 Å². The van der Waals surface area contributed by atoms with E-state index in [0.717, 1.165) is 11.8 Å². The third-order valence-corrected chi connectivity index (χ3v) is 5.54. The number of amides is 1. The lowest BCUT2D eigenvalue weighted by Crippen LogP contribution is -2.53. The Hall–Kier alpha value is -0.930. The van der Waals surface area contributed by atoms with E-state index in [9.17, 15) is 17.6 Å². The number of sulfone groups is 1. The molecular weight excluding hydrogens is 404 g/mol. The minimum atomic E-state index is -3.13. The number of hydrogen-bond donors (Lipinski definition) is 1. The molecule has 0 aliphatic carbocycles. The van der Waals surface area contributed by atoms with Gasteiger partial charge in [0, 0.05) is 44.0 Å². The highest BCUT2D eigenvalue weighted by molar-refractivity contribution is 7.90. The average Bonchev–Trinajstić information content (AvgIpc) is 2.54. The summed E-state index contributed by atoms with van der Waals surface area (Å²) in [5.74, 6) is -0.682. The lowest BCUT2D eigenvalue weighted by Gasteiger charge is -2.36. The summed E-state index contributed by atoms with van der Waals surface area (Å²) >= 11 is 6.04. The van der Waals surface area contributed by atoms with Gasteiger partial charge in [0.2, 0.25) is 5.91 Å². The number of carbonyl (C=O) groups is 1. The van der Waals surface area contributed by atoms with E-state index in [0.29, 0.717) is 37.7 Å². The second-order valence-corrected chi connectivity index (χ2v) is 9.03. The molecule has 0 saturated carbocycles. The van der Waals surface area contributed by atoms with Crippen LogP contribution in [0.4, 0.5) is 4.39 Å². The number of rotatable bonds is 6. The molecule has 1 fully saturated rings. The van der Waals surface area contributed by atoms with Crippen molar-refractivity contribution in [2.45, 2.75) is 19.0 Å². The van der Waals surface area contributed by atoms with Crippen LogP contribution in [0, 0.1) is 5.82 Å². The van der Waals surface area contributed by atoms with Crippen molar-refractivity contribution in [3.05, 3.63) is 34.6 Å². The fourth-order valence-corrected chi connectivity index (χ4v) is 3.63. The summed E-state index contributed by atoms with van der Waals surface area (Å²) in [6.07, 6.45) is 1.26. The Morgan fingerprint density at radius 2 is 1.92 bits per heavy atom. The highest BCUT2D eigenvalue weighted by Crippen LogP contribution is 2.20. The molecule has 1 amide bonds. The summed E-state index contributed by atoms with van der Waals surface area (Å²) in [7, 11) is -3.13. The SMILES string of the molecule is CS(=O)(=O)CCC(N)C(=O)N1CCN(Cc2ccc(F)cc2Cl)CC1.Cl. The Balaban J connectivity index is 0.00000338. The van der Waals surface area contributed by atoms with Crippen LogP contribution in [0.2, 0.25) is 5.02 Å². The van der Waals surface area contributed by atoms with E-state index in [1.54, 1.807) is 11.0 Å². The van der Waals surface area contributed by atoms with Crippen LogP contribution in [0.3, 0.4) is 0 Å². The van der Waals surface area contributed by atoms with E-state index in [1.807, 2.05) is 0 Å². The zero-order valence-electron chi connectivity index (χ0n) is 14.5. The number of benzene rings is 1. The van der Waals surface area contributed by atoms with Crippen LogP contribution in [0.15, 0.2) is 18.2 Å². The molecule has 1 atom stereocenters. The first-order valence-electron chi connectivity index (χ1n) is 8.04. The molecule has 0 radical (unpaired) electrons. The second kappa shape index (κ2) is 9.85. The van der Waals surface area contributed by atoms with Gasteiger partial charge in [-0.1, -0.05) is 17.7 Å². The first-order valence-corrected chi connectivity index (χ1v) is 10.5. The maximum absolute atomic E-state index is 13.1. The number of nitrogens with two attached hydrogens (primary N) is 1. The quantitative estimate of drug-likeness (QED) is 0.739.